The monoisotopic (exact) mass is 347 g/mol. The molecule has 2 heterocycles. The standard InChI is InChI=1S/C19H17N5O2/c1-25-16-7-3-6-15(11-16)14-5-2-4-13(10-14)12-26-17-8-9-21-19-18(17)22-23-24(19)20/h2-11H,12,20H2,1H3. The normalized spacial score (nSPS) is 10.8. The van der Waals surface area contributed by atoms with Crippen LogP contribution in [0.2, 0.25) is 0 Å². The van der Waals surface area contributed by atoms with E-state index in [0.717, 1.165) is 27.2 Å². The number of nitrogens with zero attached hydrogens (tertiary/aromatic N) is 4. The van der Waals surface area contributed by atoms with Crippen LogP contribution in [0.5, 0.6) is 11.5 Å². The molecule has 0 aliphatic rings. The number of aromatic nitrogens is 4. The molecule has 7 nitrogen and oxygen atoms in total. The fourth-order valence-corrected chi connectivity index (χ4v) is 2.74. The number of hydrogen-bond acceptors (Lipinski definition) is 6. The highest BCUT2D eigenvalue weighted by molar-refractivity contribution is 5.77. The number of fused-ring (bicyclic) bond motifs is 1. The first-order valence-electron chi connectivity index (χ1n) is 8.06. The van der Waals surface area contributed by atoms with Crippen molar-refractivity contribution < 1.29 is 9.47 Å². The van der Waals surface area contributed by atoms with Crippen LogP contribution in [0.4, 0.5) is 0 Å². The summed E-state index contributed by atoms with van der Waals surface area (Å²) in [7, 11) is 1.66. The van der Waals surface area contributed by atoms with Gasteiger partial charge in [0.2, 0.25) is 5.65 Å². The summed E-state index contributed by atoms with van der Waals surface area (Å²) in [6.45, 7) is 0.397. The Balaban J connectivity index is 1.57. The number of methoxy groups -OCH3 is 1. The summed E-state index contributed by atoms with van der Waals surface area (Å²) in [6.07, 6.45) is 1.62. The van der Waals surface area contributed by atoms with Gasteiger partial charge in [0.15, 0.2) is 11.3 Å². The third-order valence-corrected chi connectivity index (χ3v) is 4.05. The Labute approximate surface area is 150 Å². The zero-order valence-electron chi connectivity index (χ0n) is 14.2. The first-order chi connectivity index (χ1) is 12.7. The van der Waals surface area contributed by atoms with Crippen LogP contribution < -0.4 is 15.3 Å². The molecule has 0 saturated heterocycles. The molecule has 0 fully saturated rings. The third kappa shape index (κ3) is 3.02. The Bertz CT molecular complexity index is 1060. The Morgan fingerprint density at radius 3 is 2.69 bits per heavy atom. The van der Waals surface area contributed by atoms with Gasteiger partial charge in [-0.25, -0.2) is 4.98 Å². The molecule has 0 unspecified atom stereocenters. The summed E-state index contributed by atoms with van der Waals surface area (Å²) in [5.74, 6) is 7.10. The molecule has 2 aromatic heterocycles. The van der Waals surface area contributed by atoms with Crippen LogP contribution in [0.25, 0.3) is 22.3 Å². The van der Waals surface area contributed by atoms with E-state index in [1.807, 2.05) is 30.3 Å². The molecular formula is C19H17N5O2. The van der Waals surface area contributed by atoms with Crippen LogP contribution >= 0.6 is 0 Å². The maximum atomic E-state index is 5.92. The molecule has 26 heavy (non-hydrogen) atoms. The minimum Gasteiger partial charge on any atom is -0.497 e. The zero-order chi connectivity index (χ0) is 17.9. The second kappa shape index (κ2) is 6.72. The van der Waals surface area contributed by atoms with Crippen molar-refractivity contribution in [2.24, 2.45) is 0 Å². The van der Waals surface area contributed by atoms with Crippen molar-refractivity contribution in [3.63, 3.8) is 0 Å². The van der Waals surface area contributed by atoms with E-state index < -0.39 is 0 Å². The average Bonchev–Trinajstić information content (AvgIpc) is 3.08. The average molecular weight is 347 g/mol. The minimum absolute atomic E-state index is 0.397. The maximum absolute atomic E-state index is 5.92. The molecule has 2 N–H and O–H groups in total. The molecule has 4 rings (SSSR count). The van der Waals surface area contributed by atoms with E-state index in [-0.39, 0.29) is 0 Å². The van der Waals surface area contributed by atoms with Crippen molar-refractivity contribution in [3.8, 4) is 22.6 Å². The van der Waals surface area contributed by atoms with Crippen molar-refractivity contribution in [2.75, 3.05) is 13.0 Å². The van der Waals surface area contributed by atoms with E-state index in [9.17, 15) is 0 Å². The molecule has 0 bridgehead atoms. The van der Waals surface area contributed by atoms with Crippen molar-refractivity contribution in [1.29, 1.82) is 0 Å². The van der Waals surface area contributed by atoms with E-state index in [4.69, 9.17) is 15.3 Å². The van der Waals surface area contributed by atoms with Gasteiger partial charge in [0, 0.05) is 12.3 Å². The first kappa shape index (κ1) is 15.9. The topological polar surface area (TPSA) is 88.1 Å². The van der Waals surface area contributed by atoms with Crippen LogP contribution in [0.1, 0.15) is 5.56 Å². The number of benzene rings is 2. The van der Waals surface area contributed by atoms with Gasteiger partial charge in [0.25, 0.3) is 0 Å². The summed E-state index contributed by atoms with van der Waals surface area (Å²) in [5.41, 5.74) is 4.24. The molecule has 0 spiro atoms. The summed E-state index contributed by atoms with van der Waals surface area (Å²) < 4.78 is 11.2. The Kier molecular flexibility index (Phi) is 4.10. The van der Waals surface area contributed by atoms with Gasteiger partial charge in [0.1, 0.15) is 12.4 Å². The van der Waals surface area contributed by atoms with Gasteiger partial charge in [-0.3, -0.25) is 0 Å². The van der Waals surface area contributed by atoms with Gasteiger partial charge < -0.3 is 15.3 Å². The van der Waals surface area contributed by atoms with Gasteiger partial charge in [-0.1, -0.05) is 30.3 Å². The predicted octanol–water partition coefficient (Wildman–Crippen LogP) is 2.79. The number of pyridine rings is 1. The van der Waals surface area contributed by atoms with Gasteiger partial charge in [-0.05, 0) is 40.1 Å². The summed E-state index contributed by atoms with van der Waals surface area (Å²) in [6, 6.07) is 17.9. The van der Waals surface area contributed by atoms with Crippen molar-refractivity contribution in [1.82, 2.24) is 20.1 Å². The lowest BCUT2D eigenvalue weighted by Gasteiger charge is -2.09. The van der Waals surface area contributed by atoms with E-state index >= 15 is 0 Å². The van der Waals surface area contributed by atoms with Crippen LogP contribution in [-0.4, -0.2) is 27.2 Å². The first-order valence-corrected chi connectivity index (χ1v) is 8.06. The van der Waals surface area contributed by atoms with Crippen molar-refractivity contribution >= 4 is 11.2 Å². The van der Waals surface area contributed by atoms with Gasteiger partial charge in [-0.2, -0.15) is 0 Å². The van der Waals surface area contributed by atoms with Crippen LogP contribution in [-0.2, 0) is 6.61 Å². The number of ether oxygens (including phenoxy) is 2. The molecule has 0 aliphatic heterocycles. The summed E-state index contributed by atoms with van der Waals surface area (Å²) >= 11 is 0. The Morgan fingerprint density at radius 1 is 1.04 bits per heavy atom. The van der Waals surface area contributed by atoms with Gasteiger partial charge >= 0.3 is 0 Å². The lowest BCUT2D eigenvalue weighted by Crippen LogP contribution is -2.10. The molecule has 130 valence electrons. The van der Waals surface area contributed by atoms with E-state index in [2.05, 4.69) is 33.5 Å². The van der Waals surface area contributed by atoms with E-state index in [1.165, 1.54) is 0 Å². The molecule has 2 aromatic carbocycles. The molecule has 0 radical (unpaired) electrons. The van der Waals surface area contributed by atoms with Crippen LogP contribution in [0.15, 0.2) is 60.8 Å². The highest BCUT2D eigenvalue weighted by atomic mass is 16.5. The van der Waals surface area contributed by atoms with Crippen LogP contribution in [0.3, 0.4) is 0 Å². The van der Waals surface area contributed by atoms with Gasteiger partial charge in [0.05, 0.1) is 7.11 Å². The molecule has 0 saturated carbocycles. The fraction of sp³-hybridized carbons (Fsp3) is 0.105. The molecule has 0 amide bonds. The Hall–Kier alpha value is -3.61. The van der Waals surface area contributed by atoms with E-state index in [1.54, 1.807) is 19.4 Å². The third-order valence-electron chi connectivity index (χ3n) is 4.05. The SMILES string of the molecule is COc1cccc(-c2cccc(COc3ccnc4c3nnn4N)c2)c1. The summed E-state index contributed by atoms with van der Waals surface area (Å²) in [5, 5.41) is 7.77. The van der Waals surface area contributed by atoms with Crippen molar-refractivity contribution in [3.05, 3.63) is 66.4 Å². The van der Waals surface area contributed by atoms with Gasteiger partial charge in [-0.15, -0.1) is 9.89 Å². The quantitative estimate of drug-likeness (QED) is 0.559. The highest BCUT2D eigenvalue weighted by Gasteiger charge is 2.10. The number of hydrogen-bond donors (Lipinski definition) is 1. The second-order valence-electron chi connectivity index (χ2n) is 5.74. The molecule has 0 atom stereocenters. The summed E-state index contributed by atoms with van der Waals surface area (Å²) in [4.78, 5) is 5.28. The maximum Gasteiger partial charge on any atom is 0.204 e. The van der Waals surface area contributed by atoms with Crippen LogP contribution in [0, 0.1) is 0 Å². The smallest absolute Gasteiger partial charge is 0.204 e. The number of nitrogens with two attached hydrogens (primary N) is 1. The predicted molar refractivity (Wildman–Crippen MR) is 98.2 cm³/mol. The lowest BCUT2D eigenvalue weighted by atomic mass is 10.0. The second-order valence-corrected chi connectivity index (χ2v) is 5.74. The highest BCUT2D eigenvalue weighted by Crippen LogP contribution is 2.26. The zero-order valence-corrected chi connectivity index (χ0v) is 14.2. The number of rotatable bonds is 5. The lowest BCUT2D eigenvalue weighted by molar-refractivity contribution is 0.309. The molecular weight excluding hydrogens is 330 g/mol. The van der Waals surface area contributed by atoms with Crippen molar-refractivity contribution in [2.45, 2.75) is 6.61 Å². The fourth-order valence-electron chi connectivity index (χ4n) is 2.74. The Morgan fingerprint density at radius 2 is 1.85 bits per heavy atom. The molecule has 0 aliphatic carbocycles. The molecule has 7 heteroatoms. The minimum atomic E-state index is 0.397. The largest absolute Gasteiger partial charge is 0.497 e. The molecule has 4 aromatic rings. The number of nitrogen functional groups attached to an aromatic ring is 1. The van der Waals surface area contributed by atoms with E-state index in [0.29, 0.717) is 23.5 Å².